The van der Waals surface area contributed by atoms with Gasteiger partial charge in [0.25, 0.3) is 0 Å². The second-order valence-electron chi connectivity index (χ2n) is 4.07. The van der Waals surface area contributed by atoms with Crippen molar-refractivity contribution < 1.29 is 4.39 Å². The largest absolute Gasteiger partial charge is 0.373 e. The Labute approximate surface area is 106 Å². The Bertz CT molecular complexity index is 528. The highest BCUT2D eigenvalue weighted by Gasteiger charge is 2.09. The molecule has 1 N–H and O–H groups in total. The summed E-state index contributed by atoms with van der Waals surface area (Å²) in [6, 6.07) is 10.6. The molecule has 0 aliphatic rings. The van der Waals surface area contributed by atoms with Crippen molar-refractivity contribution in [3.63, 3.8) is 0 Å². The molecule has 4 heteroatoms. The summed E-state index contributed by atoms with van der Waals surface area (Å²) in [6.07, 6.45) is 1.73. The number of hydrogen-bond acceptors (Lipinski definition) is 3. The molecule has 1 heterocycles. The third kappa shape index (κ3) is 2.59. The van der Waals surface area contributed by atoms with E-state index >= 15 is 0 Å². The maximum absolute atomic E-state index is 13.7. The SMILES string of the molecule is CNc1ncccc1CN(C)c1ccccc1F. The Morgan fingerprint density at radius 1 is 1.22 bits per heavy atom. The zero-order chi connectivity index (χ0) is 13.0. The highest BCUT2D eigenvalue weighted by Crippen LogP contribution is 2.21. The topological polar surface area (TPSA) is 28.2 Å². The van der Waals surface area contributed by atoms with E-state index in [1.54, 1.807) is 18.3 Å². The van der Waals surface area contributed by atoms with E-state index in [0.717, 1.165) is 11.4 Å². The highest BCUT2D eigenvalue weighted by molar-refractivity contribution is 5.50. The van der Waals surface area contributed by atoms with Crippen molar-refractivity contribution in [2.75, 3.05) is 24.3 Å². The van der Waals surface area contributed by atoms with Gasteiger partial charge in [0.05, 0.1) is 5.69 Å². The molecule has 0 aliphatic heterocycles. The standard InChI is InChI=1S/C14H16FN3/c1-16-14-11(6-5-9-17-14)10-18(2)13-8-4-3-7-12(13)15/h3-9H,10H2,1-2H3,(H,16,17). The maximum Gasteiger partial charge on any atom is 0.146 e. The van der Waals surface area contributed by atoms with Gasteiger partial charge in [0.15, 0.2) is 0 Å². The van der Waals surface area contributed by atoms with E-state index in [4.69, 9.17) is 0 Å². The van der Waals surface area contributed by atoms with Gasteiger partial charge in [-0.25, -0.2) is 9.37 Å². The van der Waals surface area contributed by atoms with Crippen molar-refractivity contribution in [2.24, 2.45) is 0 Å². The van der Waals surface area contributed by atoms with Gasteiger partial charge in [-0.3, -0.25) is 0 Å². The minimum Gasteiger partial charge on any atom is -0.373 e. The fourth-order valence-corrected chi connectivity index (χ4v) is 1.89. The molecule has 94 valence electrons. The lowest BCUT2D eigenvalue weighted by atomic mass is 10.2. The highest BCUT2D eigenvalue weighted by atomic mass is 19.1. The molecule has 3 nitrogen and oxygen atoms in total. The third-order valence-electron chi connectivity index (χ3n) is 2.80. The summed E-state index contributed by atoms with van der Waals surface area (Å²) in [7, 11) is 3.69. The maximum atomic E-state index is 13.7. The Kier molecular flexibility index (Phi) is 3.77. The van der Waals surface area contributed by atoms with Crippen LogP contribution in [0, 0.1) is 5.82 Å². The molecule has 1 aromatic carbocycles. The fourth-order valence-electron chi connectivity index (χ4n) is 1.89. The Balaban J connectivity index is 2.21. The van der Waals surface area contributed by atoms with Crippen LogP contribution in [0.25, 0.3) is 0 Å². The zero-order valence-electron chi connectivity index (χ0n) is 10.5. The Morgan fingerprint density at radius 2 is 2.00 bits per heavy atom. The van der Waals surface area contributed by atoms with Crippen LogP contribution in [0.1, 0.15) is 5.56 Å². The van der Waals surface area contributed by atoms with E-state index < -0.39 is 0 Å². The fraction of sp³-hybridized carbons (Fsp3) is 0.214. The van der Waals surface area contributed by atoms with E-state index in [0.29, 0.717) is 12.2 Å². The lowest BCUT2D eigenvalue weighted by Crippen LogP contribution is -2.18. The van der Waals surface area contributed by atoms with E-state index in [1.807, 2.05) is 37.2 Å². The van der Waals surface area contributed by atoms with Gasteiger partial charge >= 0.3 is 0 Å². The van der Waals surface area contributed by atoms with Crippen molar-refractivity contribution in [1.29, 1.82) is 0 Å². The smallest absolute Gasteiger partial charge is 0.146 e. The van der Waals surface area contributed by atoms with Gasteiger partial charge in [0, 0.05) is 32.4 Å². The van der Waals surface area contributed by atoms with Crippen LogP contribution >= 0.6 is 0 Å². The first-order valence-corrected chi connectivity index (χ1v) is 5.79. The quantitative estimate of drug-likeness (QED) is 0.897. The van der Waals surface area contributed by atoms with Crippen molar-refractivity contribution >= 4 is 11.5 Å². The molecule has 2 aromatic rings. The number of para-hydroxylation sites is 1. The average molecular weight is 245 g/mol. The number of nitrogens with one attached hydrogen (secondary N) is 1. The van der Waals surface area contributed by atoms with Gasteiger partial charge in [-0.1, -0.05) is 18.2 Å². The molecule has 0 unspecified atom stereocenters. The molecule has 0 bridgehead atoms. The minimum absolute atomic E-state index is 0.213. The number of anilines is 2. The predicted molar refractivity (Wildman–Crippen MR) is 72.3 cm³/mol. The van der Waals surface area contributed by atoms with Crippen LogP contribution in [0.3, 0.4) is 0 Å². The van der Waals surface area contributed by atoms with Gasteiger partial charge in [0.1, 0.15) is 11.6 Å². The van der Waals surface area contributed by atoms with Gasteiger partial charge in [-0.2, -0.15) is 0 Å². The number of halogens is 1. The van der Waals surface area contributed by atoms with Crippen LogP contribution in [-0.2, 0) is 6.54 Å². The normalized spacial score (nSPS) is 10.2. The van der Waals surface area contributed by atoms with E-state index in [-0.39, 0.29) is 5.82 Å². The first-order valence-electron chi connectivity index (χ1n) is 5.79. The molecule has 1 aromatic heterocycles. The molecule has 0 spiro atoms. The molecule has 0 saturated carbocycles. The van der Waals surface area contributed by atoms with Crippen LogP contribution in [0.15, 0.2) is 42.6 Å². The molecule has 0 amide bonds. The number of nitrogens with zero attached hydrogens (tertiary/aromatic N) is 2. The van der Waals surface area contributed by atoms with E-state index in [2.05, 4.69) is 10.3 Å². The Hall–Kier alpha value is -2.10. The van der Waals surface area contributed by atoms with Crippen LogP contribution in [-0.4, -0.2) is 19.1 Å². The van der Waals surface area contributed by atoms with Crippen LogP contribution < -0.4 is 10.2 Å². The molecule has 0 fully saturated rings. The van der Waals surface area contributed by atoms with Crippen LogP contribution in [0.5, 0.6) is 0 Å². The first-order chi connectivity index (χ1) is 8.72. The summed E-state index contributed by atoms with van der Waals surface area (Å²) < 4.78 is 13.7. The molecule has 0 radical (unpaired) electrons. The zero-order valence-corrected chi connectivity index (χ0v) is 10.5. The second-order valence-corrected chi connectivity index (χ2v) is 4.07. The molecular weight excluding hydrogens is 229 g/mol. The molecule has 0 atom stereocenters. The minimum atomic E-state index is -0.213. The number of pyridine rings is 1. The van der Waals surface area contributed by atoms with Gasteiger partial charge in [-0.15, -0.1) is 0 Å². The summed E-state index contributed by atoms with van der Waals surface area (Å²) in [4.78, 5) is 6.10. The molecular formula is C14H16FN3. The summed E-state index contributed by atoms with van der Waals surface area (Å²) in [5, 5.41) is 3.04. The van der Waals surface area contributed by atoms with E-state index in [9.17, 15) is 4.39 Å². The monoisotopic (exact) mass is 245 g/mol. The lowest BCUT2D eigenvalue weighted by molar-refractivity contribution is 0.622. The summed E-state index contributed by atoms with van der Waals surface area (Å²) in [5.74, 6) is 0.607. The number of aromatic nitrogens is 1. The molecule has 2 rings (SSSR count). The summed E-state index contributed by atoms with van der Waals surface area (Å²) in [6.45, 7) is 0.602. The van der Waals surface area contributed by atoms with Gasteiger partial charge in [-0.05, 0) is 18.2 Å². The average Bonchev–Trinajstić information content (AvgIpc) is 2.39. The predicted octanol–water partition coefficient (Wildman–Crippen LogP) is 2.90. The van der Waals surface area contributed by atoms with Crippen molar-refractivity contribution in [1.82, 2.24) is 4.98 Å². The third-order valence-corrected chi connectivity index (χ3v) is 2.80. The molecule has 18 heavy (non-hydrogen) atoms. The number of rotatable bonds is 4. The second kappa shape index (κ2) is 5.49. The Morgan fingerprint density at radius 3 is 2.72 bits per heavy atom. The van der Waals surface area contributed by atoms with Crippen molar-refractivity contribution in [2.45, 2.75) is 6.54 Å². The van der Waals surface area contributed by atoms with Crippen LogP contribution in [0.2, 0.25) is 0 Å². The van der Waals surface area contributed by atoms with Crippen molar-refractivity contribution in [3.8, 4) is 0 Å². The van der Waals surface area contributed by atoms with Gasteiger partial charge in [0.2, 0.25) is 0 Å². The van der Waals surface area contributed by atoms with Crippen LogP contribution in [0.4, 0.5) is 15.9 Å². The first kappa shape index (κ1) is 12.4. The summed E-state index contributed by atoms with van der Waals surface area (Å²) >= 11 is 0. The molecule has 0 aliphatic carbocycles. The molecule has 0 saturated heterocycles. The van der Waals surface area contributed by atoms with Gasteiger partial charge < -0.3 is 10.2 Å². The van der Waals surface area contributed by atoms with E-state index in [1.165, 1.54) is 6.07 Å². The number of benzene rings is 1. The number of hydrogen-bond donors (Lipinski definition) is 1. The lowest BCUT2D eigenvalue weighted by Gasteiger charge is -2.21. The summed E-state index contributed by atoms with van der Waals surface area (Å²) in [5.41, 5.74) is 1.62. The van der Waals surface area contributed by atoms with Crippen molar-refractivity contribution in [3.05, 3.63) is 54.0 Å².